The molecule has 0 saturated carbocycles. The number of rotatable bonds is 3. The first-order chi connectivity index (χ1) is 5.75. The topological polar surface area (TPSA) is 25.8 Å². The van der Waals surface area contributed by atoms with Crippen LogP contribution in [-0.4, -0.2) is 9.97 Å². The molecule has 1 aromatic rings. The summed E-state index contributed by atoms with van der Waals surface area (Å²) in [5.74, 6) is 0.413. The lowest BCUT2D eigenvalue weighted by Gasteiger charge is -2.09. The van der Waals surface area contributed by atoms with Gasteiger partial charge in [0.05, 0.1) is 5.69 Å². The lowest BCUT2D eigenvalue weighted by atomic mass is 10.0. The van der Waals surface area contributed by atoms with E-state index in [0.29, 0.717) is 11.1 Å². The first-order valence-electron chi connectivity index (χ1n) is 4.22. The molecular weight excluding hydrogens is 172 g/mol. The molecule has 0 spiro atoms. The fourth-order valence-corrected chi connectivity index (χ4v) is 1.52. The number of halogens is 1. The van der Waals surface area contributed by atoms with Crippen molar-refractivity contribution in [3.8, 4) is 0 Å². The molecule has 0 bridgehead atoms. The summed E-state index contributed by atoms with van der Waals surface area (Å²) in [5.41, 5.74) is 0.918. The second-order valence-corrected chi connectivity index (χ2v) is 3.28. The number of aromatic nitrogens is 2. The molecule has 1 aromatic heterocycles. The highest BCUT2D eigenvalue weighted by atomic mass is 35.5. The zero-order valence-electron chi connectivity index (χ0n) is 7.42. The van der Waals surface area contributed by atoms with Crippen LogP contribution >= 0.6 is 11.6 Å². The van der Waals surface area contributed by atoms with Crippen molar-refractivity contribution >= 4 is 11.6 Å². The Morgan fingerprint density at radius 2 is 2.08 bits per heavy atom. The van der Waals surface area contributed by atoms with Crippen molar-refractivity contribution in [2.45, 2.75) is 32.6 Å². The van der Waals surface area contributed by atoms with Crippen molar-refractivity contribution in [2.75, 3.05) is 0 Å². The number of hydrogen-bond acceptors (Lipinski definition) is 2. The normalized spacial score (nSPS) is 12.9. The molecule has 0 N–H and O–H groups in total. The van der Waals surface area contributed by atoms with Gasteiger partial charge in [-0.2, -0.15) is 0 Å². The lowest BCUT2D eigenvalue weighted by molar-refractivity contribution is 0.644. The maximum atomic E-state index is 5.88. The Balaban J connectivity index is 2.79. The molecule has 0 aliphatic rings. The minimum atomic E-state index is 0.413. The van der Waals surface area contributed by atoms with Gasteiger partial charge < -0.3 is 0 Å². The fraction of sp³-hybridized carbons (Fsp3) is 0.556. The molecule has 0 amide bonds. The van der Waals surface area contributed by atoms with Crippen LogP contribution in [0.25, 0.3) is 0 Å². The average Bonchev–Trinajstić information content (AvgIpc) is 2.05. The average molecular weight is 185 g/mol. The zero-order chi connectivity index (χ0) is 8.97. The van der Waals surface area contributed by atoms with Crippen molar-refractivity contribution in [1.82, 2.24) is 9.97 Å². The molecule has 12 heavy (non-hydrogen) atoms. The van der Waals surface area contributed by atoms with Crippen LogP contribution in [0.5, 0.6) is 0 Å². The fourth-order valence-electron chi connectivity index (χ4n) is 1.23. The van der Waals surface area contributed by atoms with Crippen LogP contribution in [-0.2, 0) is 0 Å². The molecular formula is C9H13ClN2. The summed E-state index contributed by atoms with van der Waals surface area (Å²) < 4.78 is 0. The van der Waals surface area contributed by atoms with Crippen molar-refractivity contribution in [1.29, 1.82) is 0 Å². The predicted molar refractivity (Wildman–Crippen MR) is 50.4 cm³/mol. The summed E-state index contributed by atoms with van der Waals surface area (Å²) >= 11 is 5.88. The number of nitrogens with zero attached hydrogens (tertiary/aromatic N) is 2. The van der Waals surface area contributed by atoms with Crippen LogP contribution in [0.4, 0.5) is 0 Å². The zero-order valence-corrected chi connectivity index (χ0v) is 8.17. The van der Waals surface area contributed by atoms with E-state index in [1.165, 1.54) is 0 Å². The standard InChI is InChI=1S/C9H13ClN2/c1-3-4-7(2)8-9(10)12-6-5-11-8/h5-7H,3-4H2,1-2H3. The van der Waals surface area contributed by atoms with E-state index in [1.54, 1.807) is 12.4 Å². The molecule has 66 valence electrons. The highest BCUT2D eigenvalue weighted by Crippen LogP contribution is 2.23. The van der Waals surface area contributed by atoms with Crippen molar-refractivity contribution < 1.29 is 0 Å². The van der Waals surface area contributed by atoms with E-state index >= 15 is 0 Å². The van der Waals surface area contributed by atoms with Gasteiger partial charge in [-0.05, 0) is 6.42 Å². The Morgan fingerprint density at radius 3 is 2.67 bits per heavy atom. The van der Waals surface area contributed by atoms with Crippen molar-refractivity contribution in [3.05, 3.63) is 23.2 Å². The lowest BCUT2D eigenvalue weighted by Crippen LogP contribution is -1.98. The second-order valence-electron chi connectivity index (χ2n) is 2.92. The van der Waals surface area contributed by atoms with E-state index in [4.69, 9.17) is 11.6 Å². The van der Waals surface area contributed by atoms with E-state index in [1.807, 2.05) is 0 Å². The van der Waals surface area contributed by atoms with Crippen LogP contribution < -0.4 is 0 Å². The van der Waals surface area contributed by atoms with Gasteiger partial charge in [0, 0.05) is 18.3 Å². The largest absolute Gasteiger partial charge is 0.256 e. The highest BCUT2D eigenvalue weighted by Gasteiger charge is 2.09. The van der Waals surface area contributed by atoms with Gasteiger partial charge in [0.25, 0.3) is 0 Å². The second kappa shape index (κ2) is 4.41. The summed E-state index contributed by atoms with van der Waals surface area (Å²) in [6.07, 6.45) is 5.56. The summed E-state index contributed by atoms with van der Waals surface area (Å²) in [6, 6.07) is 0. The molecule has 3 heteroatoms. The van der Waals surface area contributed by atoms with Gasteiger partial charge in [0.2, 0.25) is 0 Å². The Labute approximate surface area is 78.0 Å². The highest BCUT2D eigenvalue weighted by molar-refractivity contribution is 6.30. The molecule has 1 unspecified atom stereocenters. The molecule has 0 aromatic carbocycles. The third-order valence-corrected chi connectivity index (χ3v) is 2.16. The van der Waals surface area contributed by atoms with Crippen LogP contribution in [0.2, 0.25) is 5.15 Å². The SMILES string of the molecule is CCCC(C)c1nccnc1Cl. The summed E-state index contributed by atoms with van der Waals surface area (Å²) in [4.78, 5) is 8.19. The van der Waals surface area contributed by atoms with Crippen LogP contribution in [0.15, 0.2) is 12.4 Å². The Kier molecular flexibility index (Phi) is 3.48. The van der Waals surface area contributed by atoms with Crippen LogP contribution in [0.3, 0.4) is 0 Å². The molecule has 0 aliphatic carbocycles. The maximum Gasteiger partial charge on any atom is 0.150 e. The number of hydrogen-bond donors (Lipinski definition) is 0. The maximum absolute atomic E-state index is 5.88. The molecule has 0 saturated heterocycles. The molecule has 0 fully saturated rings. The molecule has 0 radical (unpaired) electrons. The van der Waals surface area contributed by atoms with Gasteiger partial charge in [-0.3, -0.25) is 4.98 Å². The minimum absolute atomic E-state index is 0.413. The van der Waals surface area contributed by atoms with Gasteiger partial charge >= 0.3 is 0 Å². The first kappa shape index (κ1) is 9.46. The van der Waals surface area contributed by atoms with E-state index in [9.17, 15) is 0 Å². The summed E-state index contributed by atoms with van der Waals surface area (Å²) in [5, 5.41) is 0.540. The molecule has 1 rings (SSSR count). The van der Waals surface area contributed by atoms with Gasteiger partial charge in [-0.25, -0.2) is 4.98 Å². The predicted octanol–water partition coefficient (Wildman–Crippen LogP) is 3.03. The third kappa shape index (κ3) is 2.18. The minimum Gasteiger partial charge on any atom is -0.256 e. The van der Waals surface area contributed by atoms with Gasteiger partial charge in [-0.1, -0.05) is 31.9 Å². The van der Waals surface area contributed by atoms with E-state index in [0.717, 1.165) is 18.5 Å². The molecule has 1 atom stereocenters. The molecule has 2 nitrogen and oxygen atoms in total. The smallest absolute Gasteiger partial charge is 0.150 e. The van der Waals surface area contributed by atoms with Crippen molar-refractivity contribution in [3.63, 3.8) is 0 Å². The molecule has 1 heterocycles. The van der Waals surface area contributed by atoms with Gasteiger partial charge in [0.1, 0.15) is 0 Å². The van der Waals surface area contributed by atoms with Gasteiger partial charge in [0.15, 0.2) is 5.15 Å². The van der Waals surface area contributed by atoms with Crippen LogP contribution in [0.1, 0.15) is 38.3 Å². The molecule has 0 aliphatic heterocycles. The first-order valence-corrected chi connectivity index (χ1v) is 4.60. The van der Waals surface area contributed by atoms with Crippen molar-refractivity contribution in [2.24, 2.45) is 0 Å². The van der Waals surface area contributed by atoms with Crippen LogP contribution in [0, 0.1) is 0 Å². The Morgan fingerprint density at radius 1 is 1.42 bits per heavy atom. The Bertz CT molecular complexity index is 250. The summed E-state index contributed by atoms with van der Waals surface area (Å²) in [6.45, 7) is 4.28. The van der Waals surface area contributed by atoms with E-state index in [-0.39, 0.29) is 0 Å². The van der Waals surface area contributed by atoms with E-state index in [2.05, 4.69) is 23.8 Å². The van der Waals surface area contributed by atoms with Gasteiger partial charge in [-0.15, -0.1) is 0 Å². The monoisotopic (exact) mass is 184 g/mol. The third-order valence-electron chi connectivity index (χ3n) is 1.87. The summed E-state index contributed by atoms with van der Waals surface area (Å²) in [7, 11) is 0. The quantitative estimate of drug-likeness (QED) is 0.722. The Hall–Kier alpha value is -0.630. The van der Waals surface area contributed by atoms with E-state index < -0.39 is 0 Å².